The van der Waals surface area contributed by atoms with Crippen LogP contribution in [0.15, 0.2) is 34.7 Å². The maximum atomic E-state index is 13.0. The molecule has 0 amide bonds. The summed E-state index contributed by atoms with van der Waals surface area (Å²) < 4.78 is 21.6. The first-order chi connectivity index (χ1) is 12.9. The van der Waals surface area contributed by atoms with E-state index >= 15 is 0 Å². The van der Waals surface area contributed by atoms with Gasteiger partial charge in [0.05, 0.1) is 25.0 Å². The van der Waals surface area contributed by atoms with Gasteiger partial charge in [0, 0.05) is 16.7 Å². The number of carbonyl (C=O) groups is 3. The van der Waals surface area contributed by atoms with Crippen molar-refractivity contribution in [2.45, 2.75) is 6.42 Å². The molecule has 0 fully saturated rings. The molecule has 0 saturated carbocycles. The first-order valence-electron chi connectivity index (χ1n) is 8.04. The highest BCUT2D eigenvalue weighted by Crippen LogP contribution is 2.50. The largest absolute Gasteiger partial charge is 0.391 e. The first-order valence-corrected chi connectivity index (χ1v) is 10.7. The number of carbonyl (C=O) groups excluding carboxylic acids is 3. The van der Waals surface area contributed by atoms with Gasteiger partial charge in [-0.2, -0.15) is 0 Å². The Morgan fingerprint density at radius 3 is 2.41 bits per heavy atom. The van der Waals surface area contributed by atoms with Crippen LogP contribution >= 0.6 is 19.4 Å². The van der Waals surface area contributed by atoms with Gasteiger partial charge in [0.15, 0.2) is 17.3 Å². The lowest BCUT2D eigenvalue weighted by atomic mass is 9.76. The van der Waals surface area contributed by atoms with E-state index in [0.29, 0.717) is 17.7 Å². The normalized spacial score (nSPS) is 19.7. The summed E-state index contributed by atoms with van der Waals surface area (Å²) in [5.41, 5.74) is 0.790. The number of hydrogen-bond donors (Lipinski definition) is 0. The number of hydrogen-bond acceptors (Lipinski definition) is 9. The van der Waals surface area contributed by atoms with E-state index in [1.165, 1.54) is 0 Å². The van der Waals surface area contributed by atoms with Crippen LogP contribution in [0.5, 0.6) is 0 Å². The highest BCUT2D eigenvalue weighted by molar-refractivity contribution is 8.04. The second-order valence-corrected chi connectivity index (χ2v) is 8.79. The Bertz CT molecular complexity index is 867. The van der Waals surface area contributed by atoms with Gasteiger partial charge in [-0.15, -0.1) is 21.1 Å². The van der Waals surface area contributed by atoms with E-state index in [1.807, 2.05) is 0 Å². The number of fused-ring (bicyclic) bond motifs is 2. The molecule has 0 spiro atoms. The summed E-state index contributed by atoms with van der Waals surface area (Å²) in [4.78, 5) is 47.4. The fourth-order valence-corrected chi connectivity index (χ4v) is 5.56. The van der Waals surface area contributed by atoms with Gasteiger partial charge in [-0.3, -0.25) is 18.9 Å². The van der Waals surface area contributed by atoms with Gasteiger partial charge in [-0.25, -0.2) is 9.78 Å². The SMILES string of the molecule is COOP(=O)(CC(=O)C1=C2C(=O)c3ccccc3C(=O)C2CCS1)OOC. The molecule has 0 bridgehead atoms. The van der Waals surface area contributed by atoms with Crippen LogP contribution in [-0.4, -0.2) is 43.5 Å². The highest BCUT2D eigenvalue weighted by Gasteiger charge is 2.43. The molecule has 0 radical (unpaired) electrons. The molecule has 1 atom stereocenters. The summed E-state index contributed by atoms with van der Waals surface area (Å²) in [7, 11) is -1.80. The quantitative estimate of drug-likeness (QED) is 0.380. The van der Waals surface area contributed by atoms with Crippen molar-refractivity contribution >= 4 is 36.7 Å². The number of benzene rings is 1. The molecule has 0 saturated heterocycles. The van der Waals surface area contributed by atoms with Gasteiger partial charge in [-0.05, 0) is 12.2 Å². The lowest BCUT2D eigenvalue weighted by molar-refractivity contribution is -0.241. The molecule has 10 heteroatoms. The van der Waals surface area contributed by atoms with Gasteiger partial charge in [0.1, 0.15) is 6.16 Å². The van der Waals surface area contributed by atoms with Crippen LogP contribution in [0.4, 0.5) is 0 Å². The minimum atomic E-state index is -4.03. The molecular weight excluding hydrogens is 395 g/mol. The maximum Gasteiger partial charge on any atom is 0.391 e. The summed E-state index contributed by atoms with van der Waals surface area (Å²) in [6.45, 7) is 0. The van der Waals surface area contributed by atoms with Crippen molar-refractivity contribution in [3.8, 4) is 0 Å². The predicted octanol–water partition coefficient (Wildman–Crippen LogP) is 2.99. The Hall–Kier alpha value is -1.61. The Balaban J connectivity index is 2.01. The molecule has 1 heterocycles. The van der Waals surface area contributed by atoms with Gasteiger partial charge < -0.3 is 0 Å². The van der Waals surface area contributed by atoms with E-state index < -0.39 is 25.5 Å². The van der Waals surface area contributed by atoms with Crippen molar-refractivity contribution in [3.05, 3.63) is 45.9 Å². The monoisotopic (exact) mass is 412 g/mol. The maximum absolute atomic E-state index is 13.0. The average Bonchev–Trinajstić information content (AvgIpc) is 2.65. The van der Waals surface area contributed by atoms with Crippen LogP contribution in [-0.2, 0) is 28.5 Å². The molecule has 1 aromatic rings. The summed E-state index contributed by atoms with van der Waals surface area (Å²) >= 11 is 1.16. The first kappa shape index (κ1) is 20.1. The Labute approximate surface area is 159 Å². The van der Waals surface area contributed by atoms with Crippen molar-refractivity contribution < 1.29 is 38.1 Å². The van der Waals surface area contributed by atoms with Gasteiger partial charge >= 0.3 is 7.60 Å². The second-order valence-electron chi connectivity index (χ2n) is 5.85. The molecule has 1 aromatic carbocycles. The Morgan fingerprint density at radius 1 is 1.15 bits per heavy atom. The third-order valence-corrected chi connectivity index (χ3v) is 6.81. The third-order valence-electron chi connectivity index (χ3n) is 4.21. The number of Topliss-reactive ketones (excluding diaryl/α,β-unsaturated/α-hetero) is 3. The molecule has 27 heavy (non-hydrogen) atoms. The van der Waals surface area contributed by atoms with Gasteiger partial charge in [0.25, 0.3) is 0 Å². The predicted molar refractivity (Wildman–Crippen MR) is 96.4 cm³/mol. The zero-order chi connectivity index (χ0) is 19.6. The highest BCUT2D eigenvalue weighted by atomic mass is 32.2. The molecular formula is C17H17O8PS. The van der Waals surface area contributed by atoms with E-state index in [2.05, 4.69) is 19.1 Å². The minimum absolute atomic E-state index is 0.110. The molecule has 8 nitrogen and oxygen atoms in total. The van der Waals surface area contributed by atoms with Crippen LogP contribution < -0.4 is 0 Å². The summed E-state index contributed by atoms with van der Waals surface area (Å²) in [5.74, 6) is -1.37. The molecule has 3 rings (SSSR count). The van der Waals surface area contributed by atoms with Gasteiger partial charge in [0.2, 0.25) is 0 Å². The molecule has 0 aromatic heterocycles. The number of ketones is 3. The summed E-state index contributed by atoms with van der Waals surface area (Å²) in [6, 6.07) is 6.54. The topological polar surface area (TPSA) is 105 Å². The van der Waals surface area contributed by atoms with E-state index in [4.69, 9.17) is 0 Å². The van der Waals surface area contributed by atoms with E-state index in [-0.39, 0.29) is 27.6 Å². The average molecular weight is 412 g/mol. The third kappa shape index (κ3) is 3.85. The molecule has 1 aliphatic heterocycles. The Kier molecular flexibility index (Phi) is 6.10. The van der Waals surface area contributed by atoms with Crippen molar-refractivity contribution in [1.82, 2.24) is 0 Å². The van der Waals surface area contributed by atoms with Crippen LogP contribution in [0.2, 0.25) is 0 Å². The molecule has 2 aliphatic rings. The summed E-state index contributed by atoms with van der Waals surface area (Å²) in [5, 5.41) is 0. The van der Waals surface area contributed by atoms with Crippen LogP contribution in [0.25, 0.3) is 0 Å². The minimum Gasteiger partial charge on any atom is -0.293 e. The van der Waals surface area contributed by atoms with E-state index in [9.17, 15) is 18.9 Å². The Morgan fingerprint density at radius 2 is 1.78 bits per heavy atom. The fraction of sp³-hybridized carbons (Fsp3) is 0.353. The molecule has 1 unspecified atom stereocenters. The number of allylic oxidation sites excluding steroid dienone is 2. The standard InChI is InChI=1S/C17H17O8PS/c1-22-24-26(21,25-23-2)9-13(18)17-14-12(7-8-27-17)15(19)10-5-3-4-6-11(10)16(14)20/h3-6,12H,7-9H2,1-2H3. The summed E-state index contributed by atoms with van der Waals surface area (Å²) in [6.07, 6.45) is -0.229. The zero-order valence-corrected chi connectivity index (χ0v) is 16.3. The van der Waals surface area contributed by atoms with Crippen molar-refractivity contribution in [2.24, 2.45) is 5.92 Å². The van der Waals surface area contributed by atoms with Crippen LogP contribution in [0.1, 0.15) is 27.1 Å². The van der Waals surface area contributed by atoms with E-state index in [1.54, 1.807) is 24.3 Å². The second kappa shape index (κ2) is 8.18. The lowest BCUT2D eigenvalue weighted by Gasteiger charge is -2.30. The smallest absolute Gasteiger partial charge is 0.293 e. The molecule has 1 aliphatic carbocycles. The number of thioether (sulfide) groups is 1. The van der Waals surface area contributed by atoms with Gasteiger partial charge in [-0.1, -0.05) is 24.3 Å². The lowest BCUT2D eigenvalue weighted by Crippen LogP contribution is -2.34. The number of rotatable bonds is 7. The molecule has 144 valence electrons. The van der Waals surface area contributed by atoms with Crippen molar-refractivity contribution in [2.75, 3.05) is 26.1 Å². The van der Waals surface area contributed by atoms with E-state index in [0.717, 1.165) is 26.0 Å². The molecule has 0 N–H and O–H groups in total. The van der Waals surface area contributed by atoms with Crippen molar-refractivity contribution in [3.63, 3.8) is 0 Å². The van der Waals surface area contributed by atoms with Crippen LogP contribution in [0, 0.1) is 5.92 Å². The van der Waals surface area contributed by atoms with Crippen molar-refractivity contribution in [1.29, 1.82) is 0 Å². The van der Waals surface area contributed by atoms with Crippen LogP contribution in [0.3, 0.4) is 0 Å². The zero-order valence-electron chi connectivity index (χ0n) is 14.6. The fourth-order valence-electron chi connectivity index (χ4n) is 3.18.